The number of hydrogen-bond donors (Lipinski definition) is 0. The van der Waals surface area contributed by atoms with E-state index >= 15 is 0 Å². The highest BCUT2D eigenvalue weighted by Crippen LogP contribution is 2.04. The van der Waals surface area contributed by atoms with Gasteiger partial charge in [0.15, 0.2) is 0 Å². The van der Waals surface area contributed by atoms with Gasteiger partial charge in [-0.3, -0.25) is 0 Å². The fourth-order valence-electron chi connectivity index (χ4n) is 0.956. The molecular formula is C9H16ClNO2S. The Bertz CT molecular complexity index is 265. The molecule has 0 saturated carbocycles. The molecule has 14 heavy (non-hydrogen) atoms. The van der Waals surface area contributed by atoms with Crippen molar-refractivity contribution < 1.29 is 8.42 Å². The van der Waals surface area contributed by atoms with Crippen molar-refractivity contribution in [3.8, 4) is 0 Å². The molecule has 5 heteroatoms. The van der Waals surface area contributed by atoms with E-state index in [4.69, 9.17) is 11.6 Å². The fraction of sp³-hybridized carbons (Fsp3) is 0.556. The molecule has 0 aliphatic heterocycles. The Kier molecular flexibility index (Phi) is 6.87. The number of nitrogens with zero attached hydrogens (tertiary/aromatic N) is 1. The largest absolute Gasteiger partial charge is 0.214 e. The molecule has 0 fully saturated rings. The monoisotopic (exact) mass is 237 g/mol. The van der Waals surface area contributed by atoms with Gasteiger partial charge in [0, 0.05) is 19.0 Å². The predicted octanol–water partition coefficient (Wildman–Crippen LogP) is 1.62. The fourth-order valence-corrected chi connectivity index (χ4v) is 2.68. The van der Waals surface area contributed by atoms with Crippen molar-refractivity contribution in [1.82, 2.24) is 4.31 Å². The Morgan fingerprint density at radius 1 is 1.21 bits per heavy atom. The topological polar surface area (TPSA) is 37.4 Å². The summed E-state index contributed by atoms with van der Waals surface area (Å²) in [5.74, 6) is 0.438. The summed E-state index contributed by atoms with van der Waals surface area (Å²) >= 11 is 5.44. The molecule has 0 aliphatic rings. The minimum atomic E-state index is -3.20. The Morgan fingerprint density at radius 3 is 2.07 bits per heavy atom. The van der Waals surface area contributed by atoms with E-state index in [-0.39, 0.29) is 5.75 Å². The molecule has 0 amide bonds. The first kappa shape index (κ1) is 13.7. The highest BCUT2D eigenvalue weighted by molar-refractivity contribution is 7.89. The molecule has 0 unspecified atom stereocenters. The second kappa shape index (κ2) is 7.04. The van der Waals surface area contributed by atoms with E-state index < -0.39 is 10.0 Å². The SMILES string of the molecule is C=CCN(CC=C)S(=O)(=O)CCCCl. The lowest BCUT2D eigenvalue weighted by Gasteiger charge is -2.18. The van der Waals surface area contributed by atoms with Crippen molar-refractivity contribution in [3.05, 3.63) is 25.3 Å². The lowest BCUT2D eigenvalue weighted by Crippen LogP contribution is -2.33. The Labute approximate surface area is 91.1 Å². The molecule has 82 valence electrons. The molecule has 3 nitrogen and oxygen atoms in total. The normalized spacial score (nSPS) is 11.6. The van der Waals surface area contributed by atoms with Gasteiger partial charge in [-0.2, -0.15) is 4.31 Å². The summed E-state index contributed by atoms with van der Waals surface area (Å²) in [6.07, 6.45) is 3.58. The van der Waals surface area contributed by atoms with Gasteiger partial charge >= 0.3 is 0 Å². The summed E-state index contributed by atoms with van der Waals surface area (Å²) in [4.78, 5) is 0. The number of alkyl halides is 1. The number of rotatable bonds is 8. The van der Waals surface area contributed by atoms with Gasteiger partial charge in [-0.25, -0.2) is 8.42 Å². The lowest BCUT2D eigenvalue weighted by atomic mass is 10.5. The van der Waals surface area contributed by atoms with Crippen molar-refractivity contribution in [2.75, 3.05) is 24.7 Å². The summed E-state index contributed by atoms with van der Waals surface area (Å²) < 4.78 is 24.6. The quantitative estimate of drug-likeness (QED) is 0.475. The zero-order valence-corrected chi connectivity index (χ0v) is 9.73. The van der Waals surface area contributed by atoms with Gasteiger partial charge in [-0.05, 0) is 6.42 Å². The molecule has 0 aromatic carbocycles. The molecule has 0 bridgehead atoms. The van der Waals surface area contributed by atoms with E-state index in [9.17, 15) is 8.42 Å². The van der Waals surface area contributed by atoms with Crippen LogP contribution in [0.5, 0.6) is 0 Å². The van der Waals surface area contributed by atoms with Crippen LogP contribution in [0.4, 0.5) is 0 Å². The number of halogens is 1. The van der Waals surface area contributed by atoms with Crippen LogP contribution in [-0.4, -0.2) is 37.4 Å². The Balaban J connectivity index is 4.44. The second-order valence-corrected chi connectivity index (χ2v) is 5.22. The molecule has 0 saturated heterocycles. The van der Waals surface area contributed by atoms with Gasteiger partial charge in [0.25, 0.3) is 0 Å². The van der Waals surface area contributed by atoms with Crippen LogP contribution < -0.4 is 0 Å². The highest BCUT2D eigenvalue weighted by Gasteiger charge is 2.18. The van der Waals surface area contributed by atoms with E-state index in [1.165, 1.54) is 4.31 Å². The van der Waals surface area contributed by atoms with Crippen LogP contribution in [0.3, 0.4) is 0 Å². The van der Waals surface area contributed by atoms with Gasteiger partial charge in [-0.15, -0.1) is 24.8 Å². The second-order valence-electron chi connectivity index (χ2n) is 2.75. The highest BCUT2D eigenvalue weighted by atomic mass is 35.5. The smallest absolute Gasteiger partial charge is 0.212 e. The maximum Gasteiger partial charge on any atom is 0.214 e. The van der Waals surface area contributed by atoms with Crippen molar-refractivity contribution in [1.29, 1.82) is 0 Å². The van der Waals surface area contributed by atoms with Crippen LogP contribution >= 0.6 is 11.6 Å². The molecule has 0 heterocycles. The first-order valence-electron chi connectivity index (χ1n) is 4.34. The molecule has 0 aliphatic carbocycles. The van der Waals surface area contributed by atoms with Crippen LogP contribution in [0, 0.1) is 0 Å². The van der Waals surface area contributed by atoms with E-state index in [2.05, 4.69) is 13.2 Å². The maximum atomic E-state index is 11.6. The molecule has 0 aromatic heterocycles. The zero-order chi connectivity index (χ0) is 11.0. The molecule has 0 N–H and O–H groups in total. The summed E-state index contributed by atoms with van der Waals surface area (Å²) in [7, 11) is -3.20. The maximum absolute atomic E-state index is 11.6. The van der Waals surface area contributed by atoms with Crippen LogP contribution in [0.15, 0.2) is 25.3 Å². The average Bonchev–Trinajstić information content (AvgIpc) is 2.14. The van der Waals surface area contributed by atoms with Gasteiger partial charge in [0.2, 0.25) is 10.0 Å². The minimum absolute atomic E-state index is 0.0815. The molecule has 0 rings (SSSR count). The summed E-state index contributed by atoms with van der Waals surface area (Å²) in [6.45, 7) is 7.65. The van der Waals surface area contributed by atoms with Gasteiger partial charge in [-0.1, -0.05) is 12.2 Å². The van der Waals surface area contributed by atoms with Crippen LogP contribution in [0.2, 0.25) is 0 Å². The van der Waals surface area contributed by atoms with Gasteiger partial charge < -0.3 is 0 Å². The van der Waals surface area contributed by atoms with Crippen molar-refractivity contribution >= 4 is 21.6 Å². The third-order valence-corrected chi connectivity index (χ3v) is 3.75. The molecule has 0 radical (unpaired) electrons. The van der Waals surface area contributed by atoms with Crippen LogP contribution in [0.25, 0.3) is 0 Å². The van der Waals surface area contributed by atoms with E-state index in [0.29, 0.717) is 25.4 Å². The first-order chi connectivity index (χ1) is 6.58. The summed E-state index contributed by atoms with van der Waals surface area (Å²) in [6, 6.07) is 0. The Hall–Kier alpha value is -0.320. The van der Waals surface area contributed by atoms with Crippen molar-refractivity contribution in [2.24, 2.45) is 0 Å². The Morgan fingerprint density at radius 2 is 1.71 bits per heavy atom. The average molecular weight is 238 g/mol. The third kappa shape index (κ3) is 4.79. The van der Waals surface area contributed by atoms with E-state index in [1.807, 2.05) is 0 Å². The minimum Gasteiger partial charge on any atom is -0.212 e. The third-order valence-electron chi connectivity index (χ3n) is 1.59. The summed E-state index contributed by atoms with van der Waals surface area (Å²) in [5.41, 5.74) is 0. The van der Waals surface area contributed by atoms with Crippen molar-refractivity contribution in [2.45, 2.75) is 6.42 Å². The standard InChI is InChI=1S/C9H16ClNO2S/c1-3-7-11(8-4-2)14(12,13)9-5-6-10/h3-4H,1-2,5-9H2. The molecular weight excluding hydrogens is 222 g/mol. The van der Waals surface area contributed by atoms with Crippen LogP contribution in [-0.2, 0) is 10.0 Å². The van der Waals surface area contributed by atoms with Gasteiger partial charge in [0.1, 0.15) is 0 Å². The van der Waals surface area contributed by atoms with Gasteiger partial charge in [0.05, 0.1) is 5.75 Å². The lowest BCUT2D eigenvalue weighted by molar-refractivity contribution is 0.473. The molecule has 0 aromatic rings. The number of sulfonamides is 1. The zero-order valence-electron chi connectivity index (χ0n) is 8.15. The first-order valence-corrected chi connectivity index (χ1v) is 6.48. The van der Waals surface area contributed by atoms with Crippen LogP contribution in [0.1, 0.15) is 6.42 Å². The van der Waals surface area contributed by atoms with E-state index in [0.717, 1.165) is 0 Å². The van der Waals surface area contributed by atoms with Crippen molar-refractivity contribution in [3.63, 3.8) is 0 Å². The number of hydrogen-bond acceptors (Lipinski definition) is 2. The molecule has 0 atom stereocenters. The molecule has 0 spiro atoms. The van der Waals surface area contributed by atoms with E-state index in [1.54, 1.807) is 12.2 Å². The summed E-state index contributed by atoms with van der Waals surface area (Å²) in [5, 5.41) is 0. The predicted molar refractivity (Wildman–Crippen MR) is 61.1 cm³/mol.